The fraction of sp³-hybridized carbons (Fsp3) is 0.350. The Labute approximate surface area is 159 Å². The molecule has 0 radical (unpaired) electrons. The Hall–Kier alpha value is -2.40. The summed E-state index contributed by atoms with van der Waals surface area (Å²) in [6.07, 6.45) is 1.94. The number of aryl methyl sites for hydroxylation is 1. The standard InChI is InChI=1S/C20H24ClNO4/c1-4-14-7-9-15(10-8-14)26-11-5-6-20(23)22-17-13-18(24-2)16(21)12-19(17)25-3/h7-10,12-13H,4-6,11H2,1-3H3,(H,22,23). The molecule has 0 aliphatic heterocycles. The number of ether oxygens (including phenoxy) is 3. The van der Waals surface area contributed by atoms with Crippen molar-refractivity contribution in [2.24, 2.45) is 0 Å². The number of amides is 1. The van der Waals surface area contributed by atoms with Gasteiger partial charge < -0.3 is 19.5 Å². The molecule has 0 aromatic heterocycles. The summed E-state index contributed by atoms with van der Waals surface area (Å²) in [7, 11) is 3.04. The second kappa shape index (κ2) is 9.92. The van der Waals surface area contributed by atoms with E-state index < -0.39 is 0 Å². The number of methoxy groups -OCH3 is 2. The van der Waals surface area contributed by atoms with Crippen LogP contribution in [0.4, 0.5) is 5.69 Å². The minimum absolute atomic E-state index is 0.127. The van der Waals surface area contributed by atoms with Gasteiger partial charge in [0.1, 0.15) is 17.2 Å². The molecule has 0 heterocycles. The van der Waals surface area contributed by atoms with Gasteiger partial charge in [-0.25, -0.2) is 0 Å². The summed E-state index contributed by atoms with van der Waals surface area (Å²) in [6, 6.07) is 11.2. The van der Waals surface area contributed by atoms with Crippen LogP contribution in [-0.4, -0.2) is 26.7 Å². The molecule has 0 saturated heterocycles. The first kappa shape index (κ1) is 19.9. The normalized spacial score (nSPS) is 10.3. The Morgan fingerprint density at radius 3 is 2.38 bits per heavy atom. The topological polar surface area (TPSA) is 56.8 Å². The van der Waals surface area contributed by atoms with E-state index in [1.54, 1.807) is 12.1 Å². The van der Waals surface area contributed by atoms with E-state index in [-0.39, 0.29) is 5.91 Å². The van der Waals surface area contributed by atoms with Gasteiger partial charge in [0, 0.05) is 18.6 Å². The molecule has 140 valence electrons. The lowest BCUT2D eigenvalue weighted by Crippen LogP contribution is -2.13. The van der Waals surface area contributed by atoms with Crippen LogP contribution in [-0.2, 0) is 11.2 Å². The lowest BCUT2D eigenvalue weighted by atomic mass is 10.2. The van der Waals surface area contributed by atoms with E-state index in [2.05, 4.69) is 12.2 Å². The molecule has 1 N–H and O–H groups in total. The van der Waals surface area contributed by atoms with Crippen molar-refractivity contribution in [3.63, 3.8) is 0 Å². The lowest BCUT2D eigenvalue weighted by molar-refractivity contribution is -0.116. The quantitative estimate of drug-likeness (QED) is 0.642. The Kier molecular flexibility index (Phi) is 7.60. The molecular formula is C20H24ClNO4. The number of carbonyl (C=O) groups is 1. The summed E-state index contributed by atoms with van der Waals surface area (Å²) in [5.74, 6) is 1.64. The van der Waals surface area contributed by atoms with Crippen molar-refractivity contribution in [1.82, 2.24) is 0 Å². The minimum atomic E-state index is -0.127. The molecule has 0 atom stereocenters. The maximum atomic E-state index is 12.2. The molecule has 0 spiro atoms. The summed E-state index contributed by atoms with van der Waals surface area (Å²) in [4.78, 5) is 12.2. The number of nitrogens with one attached hydrogen (secondary N) is 1. The molecule has 0 saturated carbocycles. The highest BCUT2D eigenvalue weighted by Crippen LogP contribution is 2.35. The average Bonchev–Trinajstić information content (AvgIpc) is 2.66. The van der Waals surface area contributed by atoms with Crippen LogP contribution in [0.25, 0.3) is 0 Å². The van der Waals surface area contributed by atoms with Gasteiger partial charge in [-0.15, -0.1) is 0 Å². The summed E-state index contributed by atoms with van der Waals surface area (Å²) in [6.45, 7) is 2.58. The van der Waals surface area contributed by atoms with E-state index >= 15 is 0 Å². The number of rotatable bonds is 9. The van der Waals surface area contributed by atoms with Crippen LogP contribution in [0, 0.1) is 0 Å². The van der Waals surface area contributed by atoms with E-state index in [4.69, 9.17) is 25.8 Å². The van der Waals surface area contributed by atoms with Crippen molar-refractivity contribution in [1.29, 1.82) is 0 Å². The van der Waals surface area contributed by atoms with Gasteiger partial charge in [-0.05, 0) is 30.5 Å². The van der Waals surface area contributed by atoms with E-state index in [1.807, 2.05) is 24.3 Å². The minimum Gasteiger partial charge on any atom is -0.495 e. The van der Waals surface area contributed by atoms with Crippen molar-refractivity contribution < 1.29 is 19.0 Å². The van der Waals surface area contributed by atoms with Crippen LogP contribution in [0.15, 0.2) is 36.4 Å². The molecule has 2 aromatic rings. The molecule has 1 amide bonds. The van der Waals surface area contributed by atoms with Gasteiger partial charge in [0.15, 0.2) is 0 Å². The molecule has 2 rings (SSSR count). The zero-order valence-corrected chi connectivity index (χ0v) is 16.1. The molecule has 0 aliphatic carbocycles. The molecule has 0 unspecified atom stereocenters. The van der Waals surface area contributed by atoms with Gasteiger partial charge in [0.2, 0.25) is 5.91 Å². The number of halogens is 1. The monoisotopic (exact) mass is 377 g/mol. The first-order valence-electron chi connectivity index (χ1n) is 8.50. The molecule has 0 bridgehead atoms. The zero-order chi connectivity index (χ0) is 18.9. The zero-order valence-electron chi connectivity index (χ0n) is 15.3. The Morgan fingerprint density at radius 2 is 1.77 bits per heavy atom. The number of hydrogen-bond acceptors (Lipinski definition) is 4. The summed E-state index contributed by atoms with van der Waals surface area (Å²) in [5, 5.41) is 3.24. The van der Waals surface area contributed by atoms with Gasteiger partial charge in [0.25, 0.3) is 0 Å². The number of carbonyl (C=O) groups excluding carboxylic acids is 1. The van der Waals surface area contributed by atoms with Gasteiger partial charge in [-0.2, -0.15) is 0 Å². The molecule has 2 aromatic carbocycles. The fourth-order valence-corrected chi connectivity index (χ4v) is 2.65. The fourth-order valence-electron chi connectivity index (χ4n) is 2.41. The Morgan fingerprint density at radius 1 is 1.08 bits per heavy atom. The third-order valence-corrected chi connectivity index (χ3v) is 4.19. The van der Waals surface area contributed by atoms with Crippen LogP contribution < -0.4 is 19.5 Å². The lowest BCUT2D eigenvalue weighted by Gasteiger charge is -2.13. The molecular weight excluding hydrogens is 354 g/mol. The highest BCUT2D eigenvalue weighted by atomic mass is 35.5. The highest BCUT2D eigenvalue weighted by Gasteiger charge is 2.12. The van der Waals surface area contributed by atoms with Crippen molar-refractivity contribution in [3.8, 4) is 17.2 Å². The second-order valence-corrected chi connectivity index (χ2v) is 6.09. The summed E-state index contributed by atoms with van der Waals surface area (Å²) < 4.78 is 16.1. The third kappa shape index (κ3) is 5.56. The Balaban J connectivity index is 1.83. The number of hydrogen-bond donors (Lipinski definition) is 1. The maximum Gasteiger partial charge on any atom is 0.224 e. The van der Waals surface area contributed by atoms with Crippen LogP contribution in [0.1, 0.15) is 25.3 Å². The number of benzene rings is 2. The van der Waals surface area contributed by atoms with E-state index in [9.17, 15) is 4.79 Å². The third-order valence-electron chi connectivity index (χ3n) is 3.90. The predicted molar refractivity (Wildman–Crippen MR) is 104 cm³/mol. The number of anilines is 1. The summed E-state index contributed by atoms with van der Waals surface area (Å²) in [5.41, 5.74) is 1.79. The molecule has 0 aliphatic rings. The van der Waals surface area contributed by atoms with Gasteiger partial charge in [-0.3, -0.25) is 4.79 Å². The second-order valence-electron chi connectivity index (χ2n) is 5.68. The van der Waals surface area contributed by atoms with Crippen LogP contribution in [0.3, 0.4) is 0 Å². The average molecular weight is 378 g/mol. The first-order chi connectivity index (χ1) is 12.6. The van der Waals surface area contributed by atoms with Crippen LogP contribution >= 0.6 is 11.6 Å². The van der Waals surface area contributed by atoms with Gasteiger partial charge in [-0.1, -0.05) is 30.7 Å². The van der Waals surface area contributed by atoms with E-state index in [0.717, 1.165) is 12.2 Å². The first-order valence-corrected chi connectivity index (χ1v) is 8.88. The van der Waals surface area contributed by atoms with Crippen LogP contribution in [0.2, 0.25) is 5.02 Å². The molecule has 0 fully saturated rings. The maximum absolute atomic E-state index is 12.2. The highest BCUT2D eigenvalue weighted by molar-refractivity contribution is 6.32. The van der Waals surface area contributed by atoms with Crippen molar-refractivity contribution in [2.75, 3.05) is 26.1 Å². The van der Waals surface area contributed by atoms with Crippen molar-refractivity contribution >= 4 is 23.2 Å². The summed E-state index contributed by atoms with van der Waals surface area (Å²) >= 11 is 6.06. The molecule has 6 heteroatoms. The van der Waals surface area contributed by atoms with E-state index in [1.165, 1.54) is 19.8 Å². The van der Waals surface area contributed by atoms with Crippen LogP contribution in [0.5, 0.6) is 17.2 Å². The molecule has 26 heavy (non-hydrogen) atoms. The molecule has 5 nitrogen and oxygen atoms in total. The van der Waals surface area contributed by atoms with Gasteiger partial charge in [0.05, 0.1) is 31.5 Å². The van der Waals surface area contributed by atoms with Gasteiger partial charge >= 0.3 is 0 Å². The predicted octanol–water partition coefficient (Wildman–Crippen LogP) is 4.72. The van der Waals surface area contributed by atoms with Crippen molar-refractivity contribution in [2.45, 2.75) is 26.2 Å². The van der Waals surface area contributed by atoms with Crippen molar-refractivity contribution in [3.05, 3.63) is 47.0 Å². The van der Waals surface area contributed by atoms with E-state index in [0.29, 0.717) is 41.7 Å². The smallest absolute Gasteiger partial charge is 0.224 e. The largest absolute Gasteiger partial charge is 0.495 e. The SMILES string of the molecule is CCc1ccc(OCCCC(=O)Nc2cc(OC)c(Cl)cc2OC)cc1. The Bertz CT molecular complexity index is 731.